The summed E-state index contributed by atoms with van der Waals surface area (Å²) in [6.07, 6.45) is 7.78. The second-order valence-corrected chi connectivity index (χ2v) is 7.46. The topological polar surface area (TPSA) is 41.1 Å². The maximum Gasteiger partial charge on any atom is 0.220 e. The van der Waals surface area contributed by atoms with Crippen molar-refractivity contribution in [3.05, 3.63) is 34.9 Å². The predicted octanol–water partition coefficient (Wildman–Crippen LogP) is 4.50. The zero-order chi connectivity index (χ0) is 16.1. The van der Waals surface area contributed by atoms with Crippen LogP contribution in [-0.2, 0) is 4.79 Å². The average Bonchev–Trinajstić information content (AvgIpc) is 2.52. The lowest BCUT2D eigenvalue weighted by Gasteiger charge is -2.35. The van der Waals surface area contributed by atoms with Gasteiger partial charge in [-0.05, 0) is 74.7 Å². The van der Waals surface area contributed by atoms with Crippen LogP contribution in [0, 0.1) is 11.8 Å². The molecule has 0 bridgehead atoms. The molecule has 2 N–H and O–H groups in total. The zero-order valence-electron chi connectivity index (χ0n) is 14.1. The van der Waals surface area contributed by atoms with E-state index in [0.29, 0.717) is 18.3 Å². The predicted molar refractivity (Wildman–Crippen MR) is 102 cm³/mol. The Morgan fingerprint density at radius 3 is 2.42 bits per heavy atom. The molecule has 134 valence electrons. The number of carbonyl (C=O) groups is 1. The van der Waals surface area contributed by atoms with Crippen molar-refractivity contribution in [2.24, 2.45) is 11.8 Å². The van der Waals surface area contributed by atoms with Crippen molar-refractivity contribution in [3.8, 4) is 0 Å². The van der Waals surface area contributed by atoms with E-state index in [1.807, 2.05) is 12.1 Å². The standard InChI is InChI=1S/C19H27ClN2O.ClH/c20-17-7-5-16(6-8-17)19(15-2-1-3-15)22-18(23)9-4-14-10-12-21-13-11-14;/h5-8,14-15,19,21H,1-4,9-13H2,(H,22,23);1H. The molecule has 1 unspecified atom stereocenters. The van der Waals surface area contributed by atoms with Crippen LogP contribution in [0.25, 0.3) is 0 Å². The quantitative estimate of drug-likeness (QED) is 0.773. The van der Waals surface area contributed by atoms with E-state index in [-0.39, 0.29) is 24.4 Å². The molecule has 3 nitrogen and oxygen atoms in total. The van der Waals surface area contributed by atoms with Crippen molar-refractivity contribution in [2.45, 2.75) is 51.0 Å². The van der Waals surface area contributed by atoms with E-state index < -0.39 is 0 Å². The molecular formula is C19H28Cl2N2O. The van der Waals surface area contributed by atoms with E-state index >= 15 is 0 Å². The molecule has 0 aromatic heterocycles. The molecule has 5 heteroatoms. The van der Waals surface area contributed by atoms with Gasteiger partial charge in [0.2, 0.25) is 5.91 Å². The monoisotopic (exact) mass is 370 g/mol. The van der Waals surface area contributed by atoms with Crippen LogP contribution in [0.1, 0.15) is 56.6 Å². The highest BCUT2D eigenvalue weighted by Crippen LogP contribution is 2.38. The summed E-state index contributed by atoms with van der Waals surface area (Å²) < 4.78 is 0. The molecule has 1 heterocycles. The van der Waals surface area contributed by atoms with Crippen molar-refractivity contribution in [1.29, 1.82) is 0 Å². The van der Waals surface area contributed by atoms with Gasteiger partial charge in [0.15, 0.2) is 0 Å². The Labute approximate surface area is 156 Å². The minimum Gasteiger partial charge on any atom is -0.349 e. The van der Waals surface area contributed by atoms with Gasteiger partial charge in [0, 0.05) is 11.4 Å². The second kappa shape index (κ2) is 9.65. The Kier molecular flexibility index (Phi) is 7.86. The Balaban J connectivity index is 0.00000208. The SMILES string of the molecule is Cl.O=C(CCC1CCNCC1)NC(c1ccc(Cl)cc1)C1CCC1. The van der Waals surface area contributed by atoms with Gasteiger partial charge in [0.05, 0.1) is 6.04 Å². The van der Waals surface area contributed by atoms with Gasteiger partial charge in [-0.15, -0.1) is 12.4 Å². The smallest absolute Gasteiger partial charge is 0.220 e. The first-order valence-corrected chi connectivity index (χ1v) is 9.36. The van der Waals surface area contributed by atoms with Gasteiger partial charge < -0.3 is 10.6 Å². The summed E-state index contributed by atoms with van der Waals surface area (Å²) in [7, 11) is 0. The third-order valence-corrected chi connectivity index (χ3v) is 5.66. The van der Waals surface area contributed by atoms with Crippen molar-refractivity contribution in [3.63, 3.8) is 0 Å². The molecule has 1 atom stereocenters. The van der Waals surface area contributed by atoms with Crippen LogP contribution >= 0.6 is 24.0 Å². The van der Waals surface area contributed by atoms with Gasteiger partial charge >= 0.3 is 0 Å². The summed E-state index contributed by atoms with van der Waals surface area (Å²) in [5.41, 5.74) is 1.19. The second-order valence-electron chi connectivity index (χ2n) is 7.02. The number of carbonyl (C=O) groups excluding carboxylic acids is 1. The molecule has 0 spiro atoms. The van der Waals surface area contributed by atoms with E-state index in [0.717, 1.165) is 24.5 Å². The van der Waals surface area contributed by atoms with E-state index in [2.05, 4.69) is 22.8 Å². The third-order valence-electron chi connectivity index (χ3n) is 5.41. The van der Waals surface area contributed by atoms with Gasteiger partial charge in [0.25, 0.3) is 0 Å². The van der Waals surface area contributed by atoms with Crippen LogP contribution in [0.3, 0.4) is 0 Å². The van der Waals surface area contributed by atoms with Crippen molar-refractivity contribution < 1.29 is 4.79 Å². The molecule has 1 aliphatic heterocycles. The molecule has 2 fully saturated rings. The largest absolute Gasteiger partial charge is 0.349 e. The normalized spacial score (nSPS) is 19.9. The molecule has 2 aliphatic rings. The van der Waals surface area contributed by atoms with E-state index in [1.165, 1.54) is 37.7 Å². The minimum atomic E-state index is 0. The molecule has 3 rings (SSSR count). The lowest BCUT2D eigenvalue weighted by atomic mass is 9.77. The minimum absolute atomic E-state index is 0. The molecule has 0 radical (unpaired) electrons. The number of nitrogens with one attached hydrogen (secondary N) is 2. The van der Waals surface area contributed by atoms with Crippen LogP contribution in [0.5, 0.6) is 0 Å². The fourth-order valence-electron chi connectivity index (χ4n) is 3.67. The number of hydrogen-bond donors (Lipinski definition) is 2. The summed E-state index contributed by atoms with van der Waals surface area (Å²) in [5, 5.41) is 7.42. The highest BCUT2D eigenvalue weighted by atomic mass is 35.5. The van der Waals surface area contributed by atoms with E-state index in [4.69, 9.17) is 11.6 Å². The number of halogens is 2. The van der Waals surface area contributed by atoms with E-state index in [1.54, 1.807) is 0 Å². The zero-order valence-corrected chi connectivity index (χ0v) is 15.7. The molecule has 24 heavy (non-hydrogen) atoms. The number of hydrogen-bond acceptors (Lipinski definition) is 2. The molecular weight excluding hydrogens is 343 g/mol. The number of rotatable bonds is 6. The van der Waals surface area contributed by atoms with Gasteiger partial charge in [-0.1, -0.05) is 30.2 Å². The lowest BCUT2D eigenvalue weighted by molar-refractivity contribution is -0.122. The summed E-state index contributed by atoms with van der Waals surface area (Å²) in [6.45, 7) is 2.20. The van der Waals surface area contributed by atoms with Crippen molar-refractivity contribution >= 4 is 29.9 Å². The van der Waals surface area contributed by atoms with Crippen LogP contribution in [0.4, 0.5) is 0 Å². The first-order chi connectivity index (χ1) is 11.2. The third kappa shape index (κ3) is 5.37. The fourth-order valence-corrected chi connectivity index (χ4v) is 3.79. The van der Waals surface area contributed by atoms with Gasteiger partial charge in [-0.2, -0.15) is 0 Å². The Hall–Kier alpha value is -0.770. The van der Waals surface area contributed by atoms with Crippen LogP contribution in [0.15, 0.2) is 24.3 Å². The Morgan fingerprint density at radius 2 is 1.83 bits per heavy atom. The van der Waals surface area contributed by atoms with E-state index in [9.17, 15) is 4.79 Å². The van der Waals surface area contributed by atoms with Crippen LogP contribution in [0.2, 0.25) is 5.02 Å². The fraction of sp³-hybridized carbons (Fsp3) is 0.632. The average molecular weight is 371 g/mol. The highest BCUT2D eigenvalue weighted by Gasteiger charge is 2.29. The first-order valence-electron chi connectivity index (χ1n) is 8.98. The number of amides is 1. The summed E-state index contributed by atoms with van der Waals surface area (Å²) in [6, 6.07) is 8.10. The maximum atomic E-state index is 12.4. The van der Waals surface area contributed by atoms with Crippen LogP contribution in [-0.4, -0.2) is 19.0 Å². The van der Waals surface area contributed by atoms with Crippen molar-refractivity contribution in [2.75, 3.05) is 13.1 Å². The first kappa shape index (κ1) is 19.6. The highest BCUT2D eigenvalue weighted by molar-refractivity contribution is 6.30. The molecule has 1 saturated heterocycles. The molecule has 1 saturated carbocycles. The summed E-state index contributed by atoms with van der Waals surface area (Å²) in [4.78, 5) is 12.4. The Morgan fingerprint density at radius 1 is 1.17 bits per heavy atom. The van der Waals surface area contributed by atoms with Gasteiger partial charge in [0.1, 0.15) is 0 Å². The molecule has 1 amide bonds. The van der Waals surface area contributed by atoms with Gasteiger partial charge in [-0.25, -0.2) is 0 Å². The molecule has 1 aromatic rings. The Bertz CT molecular complexity index is 511. The maximum absolute atomic E-state index is 12.4. The molecule has 1 aromatic carbocycles. The summed E-state index contributed by atoms with van der Waals surface area (Å²) >= 11 is 5.99. The lowest BCUT2D eigenvalue weighted by Crippen LogP contribution is -2.36. The number of piperidine rings is 1. The number of benzene rings is 1. The van der Waals surface area contributed by atoms with Crippen LogP contribution < -0.4 is 10.6 Å². The van der Waals surface area contributed by atoms with Crippen molar-refractivity contribution in [1.82, 2.24) is 10.6 Å². The van der Waals surface area contributed by atoms with Gasteiger partial charge in [-0.3, -0.25) is 4.79 Å². The molecule has 1 aliphatic carbocycles. The summed E-state index contributed by atoms with van der Waals surface area (Å²) in [5.74, 6) is 1.49.